The molecule has 1 aromatic carbocycles. The van der Waals surface area contributed by atoms with Crippen molar-refractivity contribution >= 4 is 0 Å². The maximum Gasteiger partial charge on any atom is 0.123 e. The van der Waals surface area contributed by atoms with E-state index in [-0.39, 0.29) is 6.10 Å². The van der Waals surface area contributed by atoms with Gasteiger partial charge in [-0.2, -0.15) is 0 Å². The van der Waals surface area contributed by atoms with Crippen LogP contribution in [0.25, 0.3) is 0 Å². The van der Waals surface area contributed by atoms with Crippen molar-refractivity contribution in [3.05, 3.63) is 24.3 Å². The molecule has 0 amide bonds. The monoisotopic (exact) mass is 293 g/mol. The Morgan fingerprint density at radius 1 is 1.29 bits per heavy atom. The molecule has 1 saturated heterocycles. The fraction of sp³-hybridized carbons (Fsp3) is 0.647. The molecule has 1 aliphatic rings. The maximum absolute atomic E-state index is 5.83. The van der Waals surface area contributed by atoms with Gasteiger partial charge in [0.25, 0.3) is 0 Å². The standard InChI is InChI=1S/C17H27NO3/c1-14(2)21-17-6-4-5-16(11-17)20-10-9-18-8-7-15(12-18)13-19-3/h4-6,11,14-15H,7-10,12-13H2,1-3H3/t15-/m1/s1. The third kappa shape index (κ3) is 5.56. The van der Waals surface area contributed by atoms with E-state index in [9.17, 15) is 0 Å². The van der Waals surface area contributed by atoms with Crippen molar-refractivity contribution in [2.75, 3.05) is 40.0 Å². The van der Waals surface area contributed by atoms with E-state index in [0.717, 1.165) is 37.7 Å². The molecule has 0 spiro atoms. The Morgan fingerprint density at radius 2 is 2.10 bits per heavy atom. The molecular formula is C17H27NO3. The van der Waals surface area contributed by atoms with Gasteiger partial charge in [0.2, 0.25) is 0 Å². The van der Waals surface area contributed by atoms with Crippen LogP contribution < -0.4 is 9.47 Å². The predicted molar refractivity (Wildman–Crippen MR) is 84.1 cm³/mol. The second-order valence-corrected chi connectivity index (χ2v) is 5.90. The first-order valence-electron chi connectivity index (χ1n) is 7.78. The summed E-state index contributed by atoms with van der Waals surface area (Å²) in [5.74, 6) is 2.42. The van der Waals surface area contributed by atoms with E-state index in [1.165, 1.54) is 6.42 Å². The first kappa shape index (κ1) is 16.1. The zero-order valence-electron chi connectivity index (χ0n) is 13.4. The van der Waals surface area contributed by atoms with Crippen LogP contribution in [0.3, 0.4) is 0 Å². The van der Waals surface area contributed by atoms with E-state index >= 15 is 0 Å². The van der Waals surface area contributed by atoms with Gasteiger partial charge >= 0.3 is 0 Å². The summed E-state index contributed by atoms with van der Waals surface area (Å²) in [7, 11) is 1.78. The summed E-state index contributed by atoms with van der Waals surface area (Å²) in [5, 5.41) is 0. The van der Waals surface area contributed by atoms with Crippen LogP contribution in [0, 0.1) is 5.92 Å². The van der Waals surface area contributed by atoms with Crippen molar-refractivity contribution in [3.63, 3.8) is 0 Å². The van der Waals surface area contributed by atoms with Crippen LogP contribution in [0.5, 0.6) is 11.5 Å². The third-order valence-corrected chi connectivity index (χ3v) is 3.63. The van der Waals surface area contributed by atoms with Crippen molar-refractivity contribution in [3.8, 4) is 11.5 Å². The maximum atomic E-state index is 5.83. The van der Waals surface area contributed by atoms with Gasteiger partial charge in [0.05, 0.1) is 12.7 Å². The molecule has 0 N–H and O–H groups in total. The first-order valence-corrected chi connectivity index (χ1v) is 7.78. The summed E-state index contributed by atoms with van der Waals surface area (Å²) in [6.07, 6.45) is 1.41. The smallest absolute Gasteiger partial charge is 0.123 e. The van der Waals surface area contributed by atoms with Gasteiger partial charge in [-0.1, -0.05) is 6.07 Å². The molecule has 21 heavy (non-hydrogen) atoms. The summed E-state index contributed by atoms with van der Waals surface area (Å²) < 4.78 is 16.7. The molecule has 0 saturated carbocycles. The van der Waals surface area contributed by atoms with Crippen LogP contribution in [0.2, 0.25) is 0 Å². The Hall–Kier alpha value is -1.26. The number of ether oxygens (including phenoxy) is 3. The Balaban J connectivity index is 1.71. The average Bonchev–Trinajstić information content (AvgIpc) is 2.87. The number of benzene rings is 1. The highest BCUT2D eigenvalue weighted by Gasteiger charge is 2.21. The van der Waals surface area contributed by atoms with Crippen LogP contribution in [-0.2, 0) is 4.74 Å². The molecule has 4 nitrogen and oxygen atoms in total. The highest BCUT2D eigenvalue weighted by Crippen LogP contribution is 2.21. The predicted octanol–water partition coefficient (Wildman–Crippen LogP) is 2.82. The average molecular weight is 293 g/mol. The first-order chi connectivity index (χ1) is 10.2. The second kappa shape index (κ2) is 8.25. The fourth-order valence-corrected chi connectivity index (χ4v) is 2.69. The van der Waals surface area contributed by atoms with Gasteiger partial charge in [-0.05, 0) is 44.9 Å². The molecule has 0 bridgehead atoms. The minimum absolute atomic E-state index is 0.183. The third-order valence-electron chi connectivity index (χ3n) is 3.63. The summed E-state index contributed by atoms with van der Waals surface area (Å²) in [6.45, 7) is 8.86. The number of hydrogen-bond donors (Lipinski definition) is 0. The molecule has 0 unspecified atom stereocenters. The van der Waals surface area contributed by atoms with Gasteiger partial charge in [0, 0.05) is 26.3 Å². The molecule has 1 fully saturated rings. The summed E-state index contributed by atoms with van der Waals surface area (Å²) >= 11 is 0. The quantitative estimate of drug-likeness (QED) is 0.737. The largest absolute Gasteiger partial charge is 0.492 e. The molecule has 118 valence electrons. The van der Waals surface area contributed by atoms with Crippen molar-refractivity contribution in [2.45, 2.75) is 26.4 Å². The Kier molecular flexibility index (Phi) is 6.33. The normalized spacial score (nSPS) is 19.1. The van der Waals surface area contributed by atoms with E-state index in [0.29, 0.717) is 12.5 Å². The Labute approximate surface area is 128 Å². The molecule has 1 atom stereocenters. The highest BCUT2D eigenvalue weighted by molar-refractivity contribution is 5.33. The lowest BCUT2D eigenvalue weighted by Crippen LogP contribution is -2.26. The Bertz CT molecular complexity index is 422. The van der Waals surface area contributed by atoms with Crippen LogP contribution in [-0.4, -0.2) is 51.0 Å². The number of rotatable bonds is 8. The topological polar surface area (TPSA) is 30.9 Å². The van der Waals surface area contributed by atoms with Gasteiger partial charge in [-0.25, -0.2) is 0 Å². The molecule has 1 aromatic rings. The van der Waals surface area contributed by atoms with Crippen LogP contribution in [0.4, 0.5) is 0 Å². The minimum atomic E-state index is 0.183. The lowest BCUT2D eigenvalue weighted by atomic mass is 10.1. The van der Waals surface area contributed by atoms with Gasteiger partial charge < -0.3 is 14.2 Å². The molecular weight excluding hydrogens is 266 g/mol. The number of likely N-dealkylation sites (tertiary alicyclic amines) is 1. The van der Waals surface area contributed by atoms with Crippen LogP contribution in [0.1, 0.15) is 20.3 Å². The fourth-order valence-electron chi connectivity index (χ4n) is 2.69. The van der Waals surface area contributed by atoms with Crippen LogP contribution in [0.15, 0.2) is 24.3 Å². The summed E-state index contributed by atoms with van der Waals surface area (Å²) in [5.41, 5.74) is 0. The van der Waals surface area contributed by atoms with E-state index in [4.69, 9.17) is 14.2 Å². The van der Waals surface area contributed by atoms with Gasteiger partial charge in [-0.3, -0.25) is 4.90 Å². The van der Waals surface area contributed by atoms with Gasteiger partial charge in [-0.15, -0.1) is 0 Å². The summed E-state index contributed by atoms with van der Waals surface area (Å²) in [6, 6.07) is 7.86. The summed E-state index contributed by atoms with van der Waals surface area (Å²) in [4.78, 5) is 2.44. The lowest BCUT2D eigenvalue weighted by Gasteiger charge is -2.16. The molecule has 1 aliphatic heterocycles. The van der Waals surface area contributed by atoms with E-state index in [2.05, 4.69) is 4.90 Å². The molecule has 0 aromatic heterocycles. The number of hydrogen-bond acceptors (Lipinski definition) is 4. The molecule has 0 radical (unpaired) electrons. The van der Waals surface area contributed by atoms with Crippen molar-refractivity contribution < 1.29 is 14.2 Å². The molecule has 1 heterocycles. The van der Waals surface area contributed by atoms with Crippen molar-refractivity contribution in [1.29, 1.82) is 0 Å². The SMILES string of the molecule is COC[C@@H]1CCN(CCOc2cccc(OC(C)C)c2)C1. The zero-order valence-corrected chi connectivity index (χ0v) is 13.4. The highest BCUT2D eigenvalue weighted by atomic mass is 16.5. The van der Waals surface area contributed by atoms with Crippen molar-refractivity contribution in [2.24, 2.45) is 5.92 Å². The van der Waals surface area contributed by atoms with E-state index < -0.39 is 0 Å². The van der Waals surface area contributed by atoms with Gasteiger partial charge in [0.1, 0.15) is 18.1 Å². The van der Waals surface area contributed by atoms with Crippen LogP contribution >= 0.6 is 0 Å². The van der Waals surface area contributed by atoms with Crippen molar-refractivity contribution in [1.82, 2.24) is 4.90 Å². The second-order valence-electron chi connectivity index (χ2n) is 5.90. The molecule has 4 heteroatoms. The number of methoxy groups -OCH3 is 1. The minimum Gasteiger partial charge on any atom is -0.492 e. The molecule has 2 rings (SSSR count). The van der Waals surface area contributed by atoms with E-state index in [1.54, 1.807) is 7.11 Å². The number of nitrogens with zero attached hydrogens (tertiary/aromatic N) is 1. The molecule has 0 aliphatic carbocycles. The van der Waals surface area contributed by atoms with Gasteiger partial charge in [0.15, 0.2) is 0 Å². The van der Waals surface area contributed by atoms with E-state index in [1.807, 2.05) is 38.1 Å². The Morgan fingerprint density at radius 3 is 2.86 bits per heavy atom. The zero-order chi connectivity index (χ0) is 15.1. The lowest BCUT2D eigenvalue weighted by molar-refractivity contribution is 0.150.